The van der Waals surface area contributed by atoms with Crippen molar-refractivity contribution >= 4 is 35.0 Å². The van der Waals surface area contributed by atoms with Gasteiger partial charge >= 0.3 is 0 Å². The summed E-state index contributed by atoms with van der Waals surface area (Å²) in [5, 5.41) is 3.70. The van der Waals surface area contributed by atoms with Crippen LogP contribution in [0.3, 0.4) is 0 Å². The molecule has 2 amide bonds. The number of carbonyl (C=O) groups is 2. The zero-order chi connectivity index (χ0) is 22.2. The molecule has 0 saturated heterocycles. The second-order valence-corrected chi connectivity index (χ2v) is 8.44. The molecule has 2 aromatic carbocycles. The molecule has 0 heterocycles. The molecule has 1 aliphatic rings. The van der Waals surface area contributed by atoms with E-state index >= 15 is 0 Å². The van der Waals surface area contributed by atoms with Gasteiger partial charge in [-0.15, -0.1) is 11.6 Å². The van der Waals surface area contributed by atoms with E-state index in [1.807, 2.05) is 30.3 Å². The normalized spacial score (nSPS) is 15.2. The predicted octanol–water partition coefficient (Wildman–Crippen LogP) is 5.11. The maximum absolute atomic E-state index is 13.5. The summed E-state index contributed by atoms with van der Waals surface area (Å²) in [6.45, 7) is 0.181. The van der Waals surface area contributed by atoms with E-state index in [2.05, 4.69) is 5.32 Å². The highest BCUT2D eigenvalue weighted by Gasteiger charge is 2.33. The van der Waals surface area contributed by atoms with E-state index in [0.29, 0.717) is 16.3 Å². The molecule has 3 rings (SSSR count). The standard InChI is InChI=1S/C24H28Cl2N2O3/c1-31-20-13-11-17(12-14-20)23(24(30)27-19-8-3-2-4-9-19)28(22(29)15-25)16-18-7-5-6-10-21(18)26/h5-7,10-14,19,23H,2-4,8-9,15-16H2,1H3,(H,27,30)/t23-/m1/s1. The summed E-state index contributed by atoms with van der Waals surface area (Å²) in [6, 6.07) is 13.8. The maximum atomic E-state index is 13.5. The lowest BCUT2D eigenvalue weighted by atomic mass is 9.94. The van der Waals surface area contributed by atoms with Crippen LogP contribution in [0, 0.1) is 0 Å². The van der Waals surface area contributed by atoms with Gasteiger partial charge in [-0.1, -0.05) is 61.2 Å². The Hall–Kier alpha value is -2.24. The summed E-state index contributed by atoms with van der Waals surface area (Å²) in [4.78, 5) is 27.9. The quantitative estimate of drug-likeness (QED) is 0.554. The van der Waals surface area contributed by atoms with E-state index in [-0.39, 0.29) is 30.3 Å². The number of methoxy groups -OCH3 is 1. The van der Waals surface area contributed by atoms with Gasteiger partial charge in [-0.25, -0.2) is 0 Å². The van der Waals surface area contributed by atoms with Crippen molar-refractivity contribution in [2.45, 2.75) is 50.7 Å². The summed E-state index contributed by atoms with van der Waals surface area (Å²) in [5.74, 6) is -0.0892. The summed E-state index contributed by atoms with van der Waals surface area (Å²) in [5.41, 5.74) is 1.45. The van der Waals surface area contributed by atoms with Crippen LogP contribution in [-0.4, -0.2) is 35.7 Å². The highest BCUT2D eigenvalue weighted by Crippen LogP contribution is 2.29. The van der Waals surface area contributed by atoms with Crippen molar-refractivity contribution in [1.29, 1.82) is 0 Å². The van der Waals surface area contributed by atoms with Crippen LogP contribution in [0.1, 0.15) is 49.3 Å². The monoisotopic (exact) mass is 462 g/mol. The average molecular weight is 463 g/mol. The van der Waals surface area contributed by atoms with Crippen LogP contribution >= 0.6 is 23.2 Å². The van der Waals surface area contributed by atoms with Crippen molar-refractivity contribution in [1.82, 2.24) is 10.2 Å². The van der Waals surface area contributed by atoms with Gasteiger partial charge in [0.05, 0.1) is 7.11 Å². The van der Waals surface area contributed by atoms with Crippen molar-refractivity contribution < 1.29 is 14.3 Å². The fourth-order valence-corrected chi connectivity index (χ4v) is 4.35. The van der Waals surface area contributed by atoms with Crippen LogP contribution in [0.25, 0.3) is 0 Å². The van der Waals surface area contributed by atoms with Gasteiger partial charge in [0.15, 0.2) is 0 Å². The van der Waals surface area contributed by atoms with Crippen LogP contribution in [0.2, 0.25) is 5.02 Å². The van der Waals surface area contributed by atoms with E-state index in [4.69, 9.17) is 27.9 Å². The summed E-state index contributed by atoms with van der Waals surface area (Å²) in [6.07, 6.45) is 5.30. The molecule has 1 fully saturated rings. The van der Waals surface area contributed by atoms with Crippen LogP contribution in [0.5, 0.6) is 5.75 Å². The summed E-state index contributed by atoms with van der Waals surface area (Å²) in [7, 11) is 1.59. The first-order chi connectivity index (χ1) is 15.0. The predicted molar refractivity (Wildman–Crippen MR) is 123 cm³/mol. The van der Waals surface area contributed by atoms with Gasteiger partial charge in [-0.05, 0) is 42.2 Å². The molecule has 1 aliphatic carbocycles. The van der Waals surface area contributed by atoms with Gasteiger partial charge in [0.1, 0.15) is 17.7 Å². The second-order valence-electron chi connectivity index (χ2n) is 7.77. The Kier molecular flexibility index (Phi) is 8.61. The van der Waals surface area contributed by atoms with Crippen molar-refractivity contribution in [2.75, 3.05) is 13.0 Å². The number of rotatable bonds is 8. The average Bonchev–Trinajstić information content (AvgIpc) is 2.80. The Morgan fingerprint density at radius 2 is 1.77 bits per heavy atom. The molecule has 0 spiro atoms. The molecule has 1 N–H and O–H groups in total. The van der Waals surface area contributed by atoms with Crippen LogP contribution in [-0.2, 0) is 16.1 Å². The van der Waals surface area contributed by atoms with Crippen molar-refractivity contribution in [3.8, 4) is 5.75 Å². The molecule has 0 unspecified atom stereocenters. The number of ether oxygens (including phenoxy) is 1. The Morgan fingerprint density at radius 3 is 2.39 bits per heavy atom. The van der Waals surface area contributed by atoms with E-state index in [0.717, 1.165) is 31.2 Å². The second kappa shape index (κ2) is 11.4. The smallest absolute Gasteiger partial charge is 0.247 e. The molecule has 7 heteroatoms. The van der Waals surface area contributed by atoms with Gasteiger partial charge in [0, 0.05) is 17.6 Å². The number of hydrogen-bond donors (Lipinski definition) is 1. The molecule has 5 nitrogen and oxygen atoms in total. The first-order valence-electron chi connectivity index (χ1n) is 10.6. The van der Waals surface area contributed by atoms with E-state index in [9.17, 15) is 9.59 Å². The zero-order valence-electron chi connectivity index (χ0n) is 17.7. The molecular weight excluding hydrogens is 435 g/mol. The zero-order valence-corrected chi connectivity index (χ0v) is 19.2. The SMILES string of the molecule is COc1ccc([C@H](C(=O)NC2CCCCC2)N(Cc2ccccc2Cl)C(=O)CCl)cc1. The molecule has 166 valence electrons. The minimum Gasteiger partial charge on any atom is -0.497 e. The molecule has 1 atom stereocenters. The molecule has 0 aromatic heterocycles. The van der Waals surface area contributed by atoms with Gasteiger partial charge in [-0.2, -0.15) is 0 Å². The number of nitrogens with zero attached hydrogens (tertiary/aromatic N) is 1. The van der Waals surface area contributed by atoms with Gasteiger partial charge in [0.2, 0.25) is 11.8 Å². The Morgan fingerprint density at radius 1 is 1.10 bits per heavy atom. The summed E-state index contributed by atoms with van der Waals surface area (Å²) >= 11 is 12.3. The van der Waals surface area contributed by atoms with Gasteiger partial charge < -0.3 is 15.0 Å². The van der Waals surface area contributed by atoms with Crippen LogP contribution in [0.15, 0.2) is 48.5 Å². The van der Waals surface area contributed by atoms with Crippen LogP contribution < -0.4 is 10.1 Å². The molecular formula is C24H28Cl2N2O3. The topological polar surface area (TPSA) is 58.6 Å². The number of benzene rings is 2. The van der Waals surface area contributed by atoms with Crippen LogP contribution in [0.4, 0.5) is 0 Å². The number of nitrogens with one attached hydrogen (secondary N) is 1. The fourth-order valence-electron chi connectivity index (χ4n) is 4.00. The number of halogens is 2. The number of hydrogen-bond acceptors (Lipinski definition) is 3. The molecule has 1 saturated carbocycles. The molecule has 31 heavy (non-hydrogen) atoms. The lowest BCUT2D eigenvalue weighted by Crippen LogP contribution is -2.47. The minimum atomic E-state index is -0.824. The van der Waals surface area contributed by atoms with E-state index in [1.54, 1.807) is 25.3 Å². The third kappa shape index (κ3) is 6.14. The Balaban J connectivity index is 1.96. The van der Waals surface area contributed by atoms with Crippen molar-refractivity contribution in [3.63, 3.8) is 0 Å². The lowest BCUT2D eigenvalue weighted by Gasteiger charge is -2.33. The number of amides is 2. The first kappa shape index (κ1) is 23.4. The first-order valence-corrected chi connectivity index (χ1v) is 11.5. The number of alkyl halides is 1. The Bertz CT molecular complexity index is 883. The molecule has 0 radical (unpaired) electrons. The molecule has 0 bridgehead atoms. The van der Waals surface area contributed by atoms with Crippen molar-refractivity contribution in [2.24, 2.45) is 0 Å². The minimum absolute atomic E-state index is 0.121. The molecule has 0 aliphatic heterocycles. The lowest BCUT2D eigenvalue weighted by molar-refractivity contribution is -0.140. The summed E-state index contributed by atoms with van der Waals surface area (Å²) < 4.78 is 5.25. The van der Waals surface area contributed by atoms with E-state index in [1.165, 1.54) is 11.3 Å². The Labute approximate surface area is 193 Å². The van der Waals surface area contributed by atoms with Gasteiger partial charge in [-0.3, -0.25) is 9.59 Å². The largest absolute Gasteiger partial charge is 0.497 e. The highest BCUT2D eigenvalue weighted by molar-refractivity contribution is 6.31. The van der Waals surface area contributed by atoms with E-state index < -0.39 is 6.04 Å². The number of carbonyl (C=O) groups excluding carboxylic acids is 2. The highest BCUT2D eigenvalue weighted by atomic mass is 35.5. The fraction of sp³-hybridized carbons (Fsp3) is 0.417. The molecule has 2 aromatic rings. The third-order valence-electron chi connectivity index (χ3n) is 5.68. The maximum Gasteiger partial charge on any atom is 0.247 e. The third-order valence-corrected chi connectivity index (χ3v) is 6.27. The van der Waals surface area contributed by atoms with Gasteiger partial charge in [0.25, 0.3) is 0 Å². The van der Waals surface area contributed by atoms with Crippen molar-refractivity contribution in [3.05, 3.63) is 64.7 Å².